The molecule has 0 radical (unpaired) electrons. The lowest BCUT2D eigenvalue weighted by Crippen LogP contribution is -2.23. The van der Waals surface area contributed by atoms with Crippen LogP contribution in [0.4, 0.5) is 46.8 Å². The smallest absolute Gasteiger partial charge is 0.404 e. The lowest BCUT2D eigenvalue weighted by molar-refractivity contribution is -0.274. The maximum atomic E-state index is 12.6. The predicted octanol–water partition coefficient (Wildman–Crippen LogP) is 5.92. The summed E-state index contributed by atoms with van der Waals surface area (Å²) >= 11 is 0. The van der Waals surface area contributed by atoms with Crippen molar-refractivity contribution in [3.05, 3.63) is 60.3 Å². The first-order chi connectivity index (χ1) is 16.2. The molecular formula is C23H25F3N6O2. The van der Waals surface area contributed by atoms with Gasteiger partial charge in [0.05, 0.1) is 5.69 Å². The van der Waals surface area contributed by atoms with Crippen LogP contribution in [0.25, 0.3) is 0 Å². The lowest BCUT2D eigenvalue weighted by atomic mass is 10.2. The van der Waals surface area contributed by atoms with E-state index in [1.54, 1.807) is 24.3 Å². The van der Waals surface area contributed by atoms with Crippen LogP contribution >= 0.6 is 0 Å². The van der Waals surface area contributed by atoms with Gasteiger partial charge in [-0.15, -0.1) is 13.2 Å². The van der Waals surface area contributed by atoms with Crippen molar-refractivity contribution >= 4 is 34.9 Å². The van der Waals surface area contributed by atoms with Crippen LogP contribution in [-0.2, 0) is 0 Å². The van der Waals surface area contributed by atoms with Gasteiger partial charge in [-0.2, -0.15) is 4.98 Å². The highest BCUT2D eigenvalue weighted by Gasteiger charge is 2.32. The Morgan fingerprint density at radius 2 is 1.62 bits per heavy atom. The van der Waals surface area contributed by atoms with E-state index in [0.717, 1.165) is 30.7 Å². The summed E-state index contributed by atoms with van der Waals surface area (Å²) < 4.78 is 41.6. The summed E-state index contributed by atoms with van der Waals surface area (Å²) in [5.74, 6) is 0.762. The highest BCUT2D eigenvalue weighted by molar-refractivity contribution is 6.00. The van der Waals surface area contributed by atoms with Crippen molar-refractivity contribution in [1.29, 1.82) is 0 Å². The fourth-order valence-corrected chi connectivity index (χ4v) is 3.15. The summed E-state index contributed by atoms with van der Waals surface area (Å²) in [6.45, 7) is 7.64. The molecule has 2 aromatic carbocycles. The van der Waals surface area contributed by atoms with Gasteiger partial charge in [-0.1, -0.05) is 12.1 Å². The predicted molar refractivity (Wildman–Crippen MR) is 126 cm³/mol. The van der Waals surface area contributed by atoms with Crippen molar-refractivity contribution < 1.29 is 22.7 Å². The standard InChI is InChI=1S/C23H25F3N6O2/c1-4-32(5-2)20-14-15(3)27-21(31-20)28-16-10-12-17(13-11-16)29-22(33)30-18-8-6-7-9-19(18)34-23(24,25)26/h6-14H,4-5H2,1-3H3,(H,27,28,31)(H2,29,30,33). The van der Waals surface area contributed by atoms with Gasteiger partial charge < -0.3 is 25.6 Å². The number of anilines is 5. The van der Waals surface area contributed by atoms with Gasteiger partial charge in [0.25, 0.3) is 0 Å². The summed E-state index contributed by atoms with van der Waals surface area (Å²) in [6, 6.07) is 13.2. The number of nitrogens with zero attached hydrogens (tertiary/aromatic N) is 3. The quantitative estimate of drug-likeness (QED) is 0.376. The number of carbonyl (C=O) groups is 1. The molecule has 8 nitrogen and oxygen atoms in total. The van der Waals surface area contributed by atoms with Crippen LogP contribution in [0.2, 0.25) is 0 Å². The summed E-state index contributed by atoms with van der Waals surface area (Å²) in [4.78, 5) is 23.4. The van der Waals surface area contributed by atoms with E-state index < -0.39 is 18.1 Å². The third kappa shape index (κ3) is 6.99. The minimum absolute atomic E-state index is 0.115. The van der Waals surface area contributed by atoms with Crippen LogP contribution in [0, 0.1) is 6.92 Å². The highest BCUT2D eigenvalue weighted by Crippen LogP contribution is 2.30. The van der Waals surface area contributed by atoms with Gasteiger partial charge in [-0.25, -0.2) is 9.78 Å². The summed E-state index contributed by atoms with van der Waals surface area (Å²) in [5, 5.41) is 8.06. The number of benzene rings is 2. The molecule has 180 valence electrons. The zero-order valence-corrected chi connectivity index (χ0v) is 18.9. The Bertz CT molecular complexity index is 1120. The molecule has 3 rings (SSSR count). The Labute approximate surface area is 195 Å². The van der Waals surface area contributed by atoms with Crippen LogP contribution in [0.1, 0.15) is 19.5 Å². The zero-order valence-electron chi connectivity index (χ0n) is 18.9. The van der Waals surface area contributed by atoms with E-state index in [1.165, 1.54) is 18.2 Å². The molecule has 11 heteroatoms. The minimum atomic E-state index is -4.87. The number of nitrogens with one attached hydrogen (secondary N) is 3. The maximum Gasteiger partial charge on any atom is 0.573 e. The molecule has 1 heterocycles. The van der Waals surface area contributed by atoms with E-state index in [-0.39, 0.29) is 5.69 Å². The second-order valence-electron chi connectivity index (χ2n) is 7.19. The van der Waals surface area contributed by atoms with E-state index in [4.69, 9.17) is 0 Å². The van der Waals surface area contributed by atoms with Crippen molar-refractivity contribution in [1.82, 2.24) is 9.97 Å². The molecule has 34 heavy (non-hydrogen) atoms. The number of aryl methyl sites for hydroxylation is 1. The van der Waals surface area contributed by atoms with Crippen molar-refractivity contribution in [2.75, 3.05) is 33.9 Å². The number of hydrogen-bond acceptors (Lipinski definition) is 6. The van der Waals surface area contributed by atoms with Crippen LogP contribution in [0.3, 0.4) is 0 Å². The summed E-state index contributed by atoms with van der Waals surface area (Å²) in [6.07, 6.45) is -4.87. The van der Waals surface area contributed by atoms with Crippen molar-refractivity contribution in [2.45, 2.75) is 27.1 Å². The largest absolute Gasteiger partial charge is 0.573 e. The molecule has 2 amide bonds. The molecule has 0 atom stereocenters. The number of urea groups is 1. The number of hydrogen-bond donors (Lipinski definition) is 3. The molecule has 0 unspecified atom stereocenters. The van der Waals surface area contributed by atoms with Gasteiger partial charge in [-0.3, -0.25) is 0 Å². The van der Waals surface area contributed by atoms with Crippen LogP contribution in [0.15, 0.2) is 54.6 Å². The van der Waals surface area contributed by atoms with Crippen LogP contribution in [0.5, 0.6) is 5.75 Å². The van der Waals surface area contributed by atoms with Crippen molar-refractivity contribution in [3.8, 4) is 5.75 Å². The van der Waals surface area contributed by atoms with Crippen LogP contribution in [-0.4, -0.2) is 35.5 Å². The molecule has 0 saturated heterocycles. The number of carbonyl (C=O) groups excluding carboxylic acids is 1. The summed E-state index contributed by atoms with van der Waals surface area (Å²) in [7, 11) is 0. The number of para-hydroxylation sites is 2. The van der Waals surface area contributed by atoms with E-state index in [9.17, 15) is 18.0 Å². The monoisotopic (exact) mass is 474 g/mol. The lowest BCUT2D eigenvalue weighted by Gasteiger charge is -2.20. The van der Waals surface area contributed by atoms with Gasteiger partial charge in [-0.05, 0) is 57.2 Å². The number of amides is 2. The van der Waals surface area contributed by atoms with Gasteiger partial charge in [0.2, 0.25) is 5.95 Å². The molecule has 0 saturated carbocycles. The minimum Gasteiger partial charge on any atom is -0.404 e. The Morgan fingerprint density at radius 3 is 2.26 bits per heavy atom. The molecule has 0 aliphatic carbocycles. The fourth-order valence-electron chi connectivity index (χ4n) is 3.15. The van der Waals surface area contributed by atoms with E-state index in [2.05, 4.69) is 49.4 Å². The zero-order chi connectivity index (χ0) is 24.7. The number of rotatable bonds is 8. The summed E-state index contributed by atoms with van der Waals surface area (Å²) in [5.41, 5.74) is 1.84. The molecule has 1 aromatic heterocycles. The molecule has 0 fully saturated rings. The Hall–Kier alpha value is -4.02. The third-order valence-corrected chi connectivity index (χ3v) is 4.69. The number of ether oxygens (including phenoxy) is 1. The van der Waals surface area contributed by atoms with Gasteiger partial charge >= 0.3 is 12.4 Å². The first-order valence-corrected chi connectivity index (χ1v) is 10.6. The second kappa shape index (κ2) is 10.7. The molecule has 0 aliphatic rings. The number of aromatic nitrogens is 2. The van der Waals surface area contributed by atoms with Gasteiger partial charge in [0.15, 0.2) is 5.75 Å². The Morgan fingerprint density at radius 1 is 0.971 bits per heavy atom. The van der Waals surface area contributed by atoms with Gasteiger partial charge in [0.1, 0.15) is 5.82 Å². The normalized spacial score (nSPS) is 11.0. The topological polar surface area (TPSA) is 91.4 Å². The average molecular weight is 474 g/mol. The molecule has 3 aromatic rings. The highest BCUT2D eigenvalue weighted by atomic mass is 19.4. The number of alkyl halides is 3. The first kappa shape index (κ1) is 24.6. The third-order valence-electron chi connectivity index (χ3n) is 4.69. The molecular weight excluding hydrogens is 449 g/mol. The molecule has 0 aliphatic heterocycles. The Balaban J connectivity index is 1.64. The number of halogens is 3. The Kier molecular flexibility index (Phi) is 7.77. The molecule has 3 N–H and O–H groups in total. The average Bonchev–Trinajstić information content (AvgIpc) is 2.76. The van der Waals surface area contributed by atoms with Gasteiger partial charge in [0, 0.05) is 36.2 Å². The van der Waals surface area contributed by atoms with E-state index >= 15 is 0 Å². The second-order valence-corrected chi connectivity index (χ2v) is 7.19. The molecule has 0 spiro atoms. The fraction of sp³-hybridized carbons (Fsp3) is 0.261. The molecule has 0 bridgehead atoms. The first-order valence-electron chi connectivity index (χ1n) is 10.6. The van der Waals surface area contributed by atoms with E-state index in [0.29, 0.717) is 17.3 Å². The van der Waals surface area contributed by atoms with Crippen LogP contribution < -0.4 is 25.6 Å². The van der Waals surface area contributed by atoms with Crippen molar-refractivity contribution in [3.63, 3.8) is 0 Å². The van der Waals surface area contributed by atoms with E-state index in [1.807, 2.05) is 13.0 Å². The maximum absolute atomic E-state index is 12.6. The SMILES string of the molecule is CCN(CC)c1cc(C)nc(Nc2ccc(NC(=O)Nc3ccccc3OC(F)(F)F)cc2)n1. The van der Waals surface area contributed by atoms with Crippen molar-refractivity contribution in [2.24, 2.45) is 0 Å².